The molecular weight excluding hydrogens is 356 g/mol. The summed E-state index contributed by atoms with van der Waals surface area (Å²) in [6, 6.07) is 27.7. The Morgan fingerprint density at radius 1 is 0.931 bits per heavy atom. The number of pyridine rings is 1. The molecule has 0 fully saturated rings. The number of para-hydroxylation sites is 2. The maximum atomic E-state index is 6.40. The highest BCUT2D eigenvalue weighted by Gasteiger charge is 2.36. The number of anilines is 1. The fourth-order valence-corrected chi connectivity index (χ4v) is 4.33. The van der Waals surface area contributed by atoms with Gasteiger partial charge in [-0.05, 0) is 36.8 Å². The zero-order valence-electron chi connectivity index (χ0n) is 16.2. The van der Waals surface area contributed by atoms with Crippen LogP contribution < -0.4 is 4.90 Å². The second-order valence-electron chi connectivity index (χ2n) is 7.71. The van der Waals surface area contributed by atoms with E-state index in [1.807, 2.05) is 6.07 Å². The van der Waals surface area contributed by atoms with Crippen LogP contribution in [0, 0.1) is 6.92 Å². The second-order valence-corrected chi connectivity index (χ2v) is 7.71. The van der Waals surface area contributed by atoms with E-state index < -0.39 is 0 Å². The Labute approximate surface area is 169 Å². The normalized spacial score (nSPS) is 17.3. The van der Waals surface area contributed by atoms with Crippen LogP contribution in [0.15, 0.2) is 78.9 Å². The highest BCUT2D eigenvalue weighted by Crippen LogP contribution is 2.46. The summed E-state index contributed by atoms with van der Waals surface area (Å²) in [7, 11) is 0. The third-order valence-electron chi connectivity index (χ3n) is 5.81. The Balaban J connectivity index is 1.63. The third-order valence-corrected chi connectivity index (χ3v) is 5.81. The molecule has 0 saturated carbocycles. The van der Waals surface area contributed by atoms with E-state index in [2.05, 4.69) is 90.7 Å². The van der Waals surface area contributed by atoms with Crippen molar-refractivity contribution in [3.05, 3.63) is 107 Å². The van der Waals surface area contributed by atoms with Gasteiger partial charge in [0.05, 0.1) is 23.5 Å². The van der Waals surface area contributed by atoms with Gasteiger partial charge in [-0.1, -0.05) is 66.2 Å². The summed E-state index contributed by atoms with van der Waals surface area (Å²) in [5, 5.41) is 1.14. The van der Waals surface area contributed by atoms with Crippen molar-refractivity contribution in [2.24, 2.45) is 0 Å². The monoisotopic (exact) mass is 376 g/mol. The van der Waals surface area contributed by atoms with Gasteiger partial charge in [0, 0.05) is 22.2 Å². The van der Waals surface area contributed by atoms with Crippen LogP contribution in [0.1, 0.15) is 34.2 Å². The molecular formula is C26H20N2O. The summed E-state index contributed by atoms with van der Waals surface area (Å²) in [6.45, 7) is 2.72. The molecule has 2 aliphatic rings. The fraction of sp³-hybridized carbons (Fsp3) is 0.115. The maximum Gasteiger partial charge on any atom is 0.163 e. The number of hydrogen-bond donors (Lipinski definition) is 0. The van der Waals surface area contributed by atoms with Crippen molar-refractivity contribution in [1.29, 1.82) is 0 Å². The van der Waals surface area contributed by atoms with Gasteiger partial charge in [0.2, 0.25) is 0 Å². The van der Waals surface area contributed by atoms with Crippen LogP contribution in [-0.2, 0) is 11.3 Å². The number of aryl methyl sites for hydroxylation is 1. The van der Waals surface area contributed by atoms with E-state index in [9.17, 15) is 0 Å². The minimum absolute atomic E-state index is 0.182. The molecule has 1 aromatic heterocycles. The Morgan fingerprint density at radius 3 is 2.62 bits per heavy atom. The van der Waals surface area contributed by atoms with Crippen molar-refractivity contribution >= 4 is 28.4 Å². The molecule has 29 heavy (non-hydrogen) atoms. The van der Waals surface area contributed by atoms with Crippen LogP contribution >= 0.6 is 0 Å². The largest absolute Gasteiger partial charge is 0.349 e. The number of benzene rings is 3. The number of nitrogens with zero attached hydrogens (tertiary/aromatic N) is 2. The quantitative estimate of drug-likeness (QED) is 0.402. The molecule has 1 unspecified atom stereocenters. The number of ether oxygens (including phenoxy) is 1. The minimum atomic E-state index is -0.182. The van der Waals surface area contributed by atoms with Gasteiger partial charge in [0.1, 0.15) is 0 Å². The van der Waals surface area contributed by atoms with E-state index in [4.69, 9.17) is 9.72 Å². The number of fused-ring (bicyclic) bond motifs is 6. The first-order chi connectivity index (χ1) is 14.3. The lowest BCUT2D eigenvalue weighted by atomic mass is 9.95. The fourth-order valence-electron chi connectivity index (χ4n) is 4.33. The van der Waals surface area contributed by atoms with Crippen molar-refractivity contribution in [2.75, 3.05) is 4.90 Å². The van der Waals surface area contributed by atoms with Gasteiger partial charge in [0.25, 0.3) is 0 Å². The maximum absolute atomic E-state index is 6.40. The van der Waals surface area contributed by atoms with Crippen LogP contribution in [0.4, 0.5) is 5.69 Å². The first kappa shape index (κ1) is 16.5. The van der Waals surface area contributed by atoms with E-state index >= 15 is 0 Å². The van der Waals surface area contributed by atoms with Crippen molar-refractivity contribution in [2.45, 2.75) is 19.8 Å². The van der Waals surface area contributed by atoms with Crippen molar-refractivity contribution in [1.82, 2.24) is 4.98 Å². The van der Waals surface area contributed by atoms with Gasteiger partial charge in [-0.2, -0.15) is 0 Å². The van der Waals surface area contributed by atoms with Crippen molar-refractivity contribution < 1.29 is 4.74 Å². The summed E-state index contributed by atoms with van der Waals surface area (Å²) >= 11 is 0. The van der Waals surface area contributed by atoms with Gasteiger partial charge in [-0.3, -0.25) is 0 Å². The molecule has 3 heterocycles. The minimum Gasteiger partial charge on any atom is -0.349 e. The molecule has 3 aromatic carbocycles. The van der Waals surface area contributed by atoms with Crippen molar-refractivity contribution in [3.63, 3.8) is 0 Å². The first-order valence-corrected chi connectivity index (χ1v) is 9.95. The van der Waals surface area contributed by atoms with Gasteiger partial charge in [-0.25, -0.2) is 4.98 Å². The molecule has 0 bridgehead atoms. The molecule has 0 N–H and O–H groups in total. The van der Waals surface area contributed by atoms with Crippen molar-refractivity contribution in [3.8, 4) is 0 Å². The lowest BCUT2D eigenvalue weighted by Gasteiger charge is -2.43. The molecule has 1 atom stereocenters. The van der Waals surface area contributed by atoms with Crippen LogP contribution in [0.2, 0.25) is 0 Å². The highest BCUT2D eigenvalue weighted by molar-refractivity contribution is 5.95. The average Bonchev–Trinajstić information content (AvgIpc) is 2.77. The zero-order valence-corrected chi connectivity index (χ0v) is 16.2. The molecule has 0 aliphatic carbocycles. The molecule has 0 spiro atoms. The molecule has 6 rings (SSSR count). The number of rotatable bonds is 1. The molecule has 2 aliphatic heterocycles. The van der Waals surface area contributed by atoms with Gasteiger partial charge < -0.3 is 9.64 Å². The summed E-state index contributed by atoms with van der Waals surface area (Å²) < 4.78 is 6.40. The van der Waals surface area contributed by atoms with Gasteiger partial charge in [0.15, 0.2) is 6.23 Å². The smallest absolute Gasteiger partial charge is 0.163 e. The Hall–Kier alpha value is -3.43. The Kier molecular flexibility index (Phi) is 3.58. The SMILES string of the molecule is Cc1ccc(C2=Cc3nc4ccccc4cc3C3OCc4ccccc4N23)cc1. The van der Waals surface area contributed by atoms with E-state index in [-0.39, 0.29) is 6.23 Å². The molecule has 0 amide bonds. The van der Waals surface area contributed by atoms with E-state index in [1.165, 1.54) is 22.4 Å². The molecule has 3 heteroatoms. The predicted molar refractivity (Wildman–Crippen MR) is 117 cm³/mol. The number of hydrogen-bond acceptors (Lipinski definition) is 3. The topological polar surface area (TPSA) is 25.4 Å². The Morgan fingerprint density at radius 2 is 1.72 bits per heavy atom. The molecule has 0 radical (unpaired) electrons. The van der Waals surface area contributed by atoms with E-state index in [1.54, 1.807) is 0 Å². The lowest BCUT2D eigenvalue weighted by Crippen LogP contribution is -2.36. The van der Waals surface area contributed by atoms with Crippen LogP contribution in [0.25, 0.3) is 22.7 Å². The van der Waals surface area contributed by atoms with E-state index in [0.29, 0.717) is 6.61 Å². The van der Waals surface area contributed by atoms with Gasteiger partial charge in [-0.15, -0.1) is 0 Å². The summed E-state index contributed by atoms with van der Waals surface area (Å²) in [5.74, 6) is 0. The molecule has 0 saturated heterocycles. The van der Waals surface area contributed by atoms with Crippen LogP contribution in [0.3, 0.4) is 0 Å². The average molecular weight is 376 g/mol. The van der Waals surface area contributed by atoms with Crippen LogP contribution in [-0.4, -0.2) is 4.98 Å². The molecule has 3 nitrogen and oxygen atoms in total. The predicted octanol–water partition coefficient (Wildman–Crippen LogP) is 6.09. The van der Waals surface area contributed by atoms with Gasteiger partial charge >= 0.3 is 0 Å². The third kappa shape index (κ3) is 2.59. The summed E-state index contributed by atoms with van der Waals surface area (Å²) in [4.78, 5) is 7.29. The molecule has 4 aromatic rings. The van der Waals surface area contributed by atoms with E-state index in [0.717, 1.165) is 27.9 Å². The number of aromatic nitrogens is 1. The summed E-state index contributed by atoms with van der Waals surface area (Å²) in [6.07, 6.45) is 2.02. The van der Waals surface area contributed by atoms with Crippen LogP contribution in [0.5, 0.6) is 0 Å². The standard InChI is InChI=1S/C26H20N2O/c1-17-10-12-18(13-11-17)25-15-23-21(14-19-6-2-4-8-22(19)27-23)26-28(25)24-9-5-3-7-20(24)16-29-26/h2-15,26H,16H2,1H3. The zero-order chi connectivity index (χ0) is 19.4. The summed E-state index contributed by atoms with van der Waals surface area (Å²) in [5.41, 5.74) is 9.07. The lowest BCUT2D eigenvalue weighted by molar-refractivity contribution is 0.0342. The highest BCUT2D eigenvalue weighted by atomic mass is 16.5. The Bertz CT molecular complexity index is 1270. The first-order valence-electron chi connectivity index (χ1n) is 9.95. The molecule has 140 valence electrons. The second kappa shape index (κ2) is 6.29.